The fraction of sp³-hybridized carbons (Fsp3) is 0.273. The van der Waals surface area contributed by atoms with Crippen molar-refractivity contribution in [2.24, 2.45) is 0 Å². The lowest BCUT2D eigenvalue weighted by molar-refractivity contribution is -0.0497. The quantitative estimate of drug-likeness (QED) is 0.833. The van der Waals surface area contributed by atoms with Gasteiger partial charge in [-0.05, 0) is 6.07 Å². The van der Waals surface area contributed by atoms with Crippen LogP contribution in [0.3, 0.4) is 0 Å². The van der Waals surface area contributed by atoms with Crippen molar-refractivity contribution in [2.75, 3.05) is 14.1 Å². The number of imidazole rings is 1. The Labute approximate surface area is 129 Å². The van der Waals surface area contributed by atoms with Crippen LogP contribution in [0, 0.1) is 5.41 Å². The molecule has 0 saturated carbocycles. The molecule has 7 nitrogen and oxygen atoms in total. The van der Waals surface area contributed by atoms with Crippen LogP contribution in [-0.2, 0) is 10.2 Å². The molecule has 1 aromatic carbocycles. The molecule has 0 fully saturated rings. The fourth-order valence-electron chi connectivity index (χ4n) is 1.76. The monoisotopic (exact) mass is 352 g/mol. The molecule has 0 saturated heterocycles. The van der Waals surface area contributed by atoms with Gasteiger partial charge >= 0.3 is 16.8 Å². The second-order valence-electron chi connectivity index (χ2n) is 4.32. The highest BCUT2D eigenvalue weighted by molar-refractivity contribution is 7.87. The number of benzene rings is 1. The summed E-state index contributed by atoms with van der Waals surface area (Å²) in [6.07, 6.45) is 0.739. The van der Waals surface area contributed by atoms with Gasteiger partial charge in [-0.15, -0.1) is 0 Å². The Kier molecular flexibility index (Phi) is 4.36. The molecule has 0 bridgehead atoms. The van der Waals surface area contributed by atoms with E-state index in [9.17, 15) is 17.2 Å². The first kappa shape index (κ1) is 16.6. The Morgan fingerprint density at radius 1 is 1.45 bits per heavy atom. The number of rotatable bonds is 5. The van der Waals surface area contributed by atoms with Crippen molar-refractivity contribution >= 4 is 39.1 Å². The molecule has 1 aromatic heterocycles. The van der Waals surface area contributed by atoms with Crippen LogP contribution >= 0.6 is 11.6 Å². The Morgan fingerprint density at radius 3 is 2.59 bits per heavy atom. The molecule has 0 spiro atoms. The minimum Gasteiger partial charge on any atom is -0.433 e. The van der Waals surface area contributed by atoms with Gasteiger partial charge < -0.3 is 10.1 Å². The van der Waals surface area contributed by atoms with Crippen LogP contribution in [0.25, 0.3) is 11.0 Å². The molecule has 1 heterocycles. The molecule has 2 rings (SSSR count). The van der Waals surface area contributed by atoms with Crippen LogP contribution in [-0.4, -0.2) is 48.6 Å². The summed E-state index contributed by atoms with van der Waals surface area (Å²) in [5, 5.41) is 7.09. The minimum absolute atomic E-state index is 0.0545. The van der Waals surface area contributed by atoms with E-state index in [4.69, 9.17) is 17.0 Å². The van der Waals surface area contributed by atoms with Crippen molar-refractivity contribution in [3.63, 3.8) is 0 Å². The summed E-state index contributed by atoms with van der Waals surface area (Å²) in [6, 6.07) is 2.24. The highest BCUT2D eigenvalue weighted by Crippen LogP contribution is 2.32. The highest BCUT2D eigenvalue weighted by atomic mass is 35.5. The van der Waals surface area contributed by atoms with Crippen molar-refractivity contribution in [2.45, 2.75) is 6.61 Å². The molecule has 0 unspecified atom stereocenters. The number of hydrogen-bond donors (Lipinski definition) is 1. The summed E-state index contributed by atoms with van der Waals surface area (Å²) >= 11 is 5.84. The van der Waals surface area contributed by atoms with Crippen LogP contribution in [0.1, 0.15) is 5.82 Å². The topological polar surface area (TPSA) is 88.3 Å². The average Bonchev–Trinajstić information content (AvgIpc) is 2.76. The number of nitrogens with zero attached hydrogens (tertiary/aromatic N) is 3. The van der Waals surface area contributed by atoms with Gasteiger partial charge in [-0.2, -0.15) is 21.5 Å². The standard InChI is InChI=1S/C11H11ClF2N4O3S/c1-17(2)22(19,20)18-8-3-6(12)9(21-11(13)14)4-7(8)16-10(18)5-15/h3-5,11,15H,1-2H3. The van der Waals surface area contributed by atoms with E-state index in [-0.39, 0.29) is 27.6 Å². The van der Waals surface area contributed by atoms with Crippen LogP contribution in [0.4, 0.5) is 8.78 Å². The fourth-order valence-corrected chi connectivity index (χ4v) is 3.01. The molecule has 1 N–H and O–H groups in total. The molecule has 22 heavy (non-hydrogen) atoms. The Bertz CT molecular complexity index is 835. The molecule has 0 amide bonds. The van der Waals surface area contributed by atoms with Crippen molar-refractivity contribution in [3.8, 4) is 5.75 Å². The maximum Gasteiger partial charge on any atom is 0.387 e. The summed E-state index contributed by atoms with van der Waals surface area (Å²) in [5.41, 5.74) is 0.114. The van der Waals surface area contributed by atoms with Gasteiger partial charge in [0.15, 0.2) is 5.82 Å². The van der Waals surface area contributed by atoms with Crippen molar-refractivity contribution in [3.05, 3.63) is 23.0 Å². The molecular weight excluding hydrogens is 342 g/mol. The first-order valence-corrected chi connectivity index (χ1v) is 7.56. The second kappa shape index (κ2) is 5.78. The number of ether oxygens (including phenoxy) is 1. The lowest BCUT2D eigenvalue weighted by Gasteiger charge is -2.14. The summed E-state index contributed by atoms with van der Waals surface area (Å²) < 4.78 is 55.2. The second-order valence-corrected chi connectivity index (χ2v) is 6.72. The van der Waals surface area contributed by atoms with E-state index >= 15 is 0 Å². The SMILES string of the molecule is CN(C)S(=O)(=O)n1c(C=N)nc2cc(OC(F)F)c(Cl)cc21. The number of aromatic nitrogens is 2. The van der Waals surface area contributed by atoms with E-state index in [2.05, 4.69) is 9.72 Å². The van der Waals surface area contributed by atoms with Crippen molar-refractivity contribution in [1.29, 1.82) is 5.41 Å². The number of nitrogens with one attached hydrogen (secondary N) is 1. The Hall–Kier alpha value is -1.78. The molecular formula is C11H11ClF2N4O3S. The molecule has 11 heteroatoms. The number of fused-ring (bicyclic) bond motifs is 1. The van der Waals surface area contributed by atoms with Gasteiger partial charge in [0.1, 0.15) is 5.75 Å². The summed E-state index contributed by atoms with van der Waals surface area (Å²) in [6.45, 7) is -3.08. The third kappa shape index (κ3) is 2.76. The van der Waals surface area contributed by atoms with Crippen molar-refractivity contribution < 1.29 is 21.9 Å². The normalized spacial score (nSPS) is 12.3. The molecule has 2 aromatic rings. The van der Waals surface area contributed by atoms with Crippen LogP contribution in [0.2, 0.25) is 5.02 Å². The Balaban J connectivity index is 2.78. The largest absolute Gasteiger partial charge is 0.433 e. The van der Waals surface area contributed by atoms with Gasteiger partial charge in [0.25, 0.3) is 0 Å². The van der Waals surface area contributed by atoms with Gasteiger partial charge in [0, 0.05) is 20.2 Å². The predicted molar refractivity (Wildman–Crippen MR) is 77.3 cm³/mol. The van der Waals surface area contributed by atoms with Gasteiger partial charge in [0.2, 0.25) is 0 Å². The number of halogens is 3. The van der Waals surface area contributed by atoms with Gasteiger partial charge in [-0.3, -0.25) is 0 Å². The van der Waals surface area contributed by atoms with Gasteiger partial charge in [-0.1, -0.05) is 11.6 Å². The maximum atomic E-state index is 12.3. The first-order valence-electron chi connectivity index (χ1n) is 5.78. The zero-order valence-corrected chi connectivity index (χ0v) is 13.0. The highest BCUT2D eigenvalue weighted by Gasteiger charge is 2.25. The third-order valence-electron chi connectivity index (χ3n) is 2.73. The van der Waals surface area contributed by atoms with E-state index in [1.165, 1.54) is 14.1 Å². The van der Waals surface area contributed by atoms with E-state index in [1.807, 2.05) is 0 Å². The first-order chi connectivity index (χ1) is 10.2. The van der Waals surface area contributed by atoms with Crippen LogP contribution in [0.5, 0.6) is 5.75 Å². The van der Waals surface area contributed by atoms with Gasteiger partial charge in [0.05, 0.1) is 22.3 Å². The summed E-state index contributed by atoms with van der Waals surface area (Å²) in [5.74, 6) is -0.512. The Morgan fingerprint density at radius 2 is 2.09 bits per heavy atom. The molecule has 0 radical (unpaired) electrons. The lowest BCUT2D eigenvalue weighted by atomic mass is 10.3. The zero-order valence-electron chi connectivity index (χ0n) is 11.4. The lowest BCUT2D eigenvalue weighted by Crippen LogP contribution is -2.30. The minimum atomic E-state index is -3.97. The van der Waals surface area contributed by atoms with E-state index < -0.39 is 16.8 Å². The maximum absolute atomic E-state index is 12.3. The molecule has 120 valence electrons. The predicted octanol–water partition coefficient (Wildman–Crippen LogP) is 1.94. The third-order valence-corrected chi connectivity index (χ3v) is 4.79. The molecule has 0 aliphatic heterocycles. The molecule has 0 aliphatic rings. The van der Waals surface area contributed by atoms with Crippen LogP contribution in [0.15, 0.2) is 12.1 Å². The zero-order chi connectivity index (χ0) is 16.7. The van der Waals surface area contributed by atoms with Crippen molar-refractivity contribution in [1.82, 2.24) is 13.3 Å². The smallest absolute Gasteiger partial charge is 0.387 e. The summed E-state index contributed by atoms with van der Waals surface area (Å²) in [4.78, 5) is 3.92. The number of alkyl halides is 2. The van der Waals surface area contributed by atoms with E-state index in [0.717, 1.165) is 26.6 Å². The molecule has 0 aliphatic carbocycles. The van der Waals surface area contributed by atoms with E-state index in [0.29, 0.717) is 0 Å². The summed E-state index contributed by atoms with van der Waals surface area (Å²) in [7, 11) is -1.35. The van der Waals surface area contributed by atoms with Gasteiger partial charge in [-0.25, -0.2) is 8.96 Å². The average molecular weight is 353 g/mol. The number of hydrogen-bond acceptors (Lipinski definition) is 5. The van der Waals surface area contributed by atoms with E-state index in [1.54, 1.807) is 0 Å². The molecule has 0 atom stereocenters. The van der Waals surface area contributed by atoms with Crippen LogP contribution < -0.4 is 4.74 Å².